The summed E-state index contributed by atoms with van der Waals surface area (Å²) in [5, 5.41) is 2.66. The van der Waals surface area contributed by atoms with Gasteiger partial charge < -0.3 is 14.8 Å². The third-order valence-corrected chi connectivity index (χ3v) is 4.53. The van der Waals surface area contributed by atoms with Crippen LogP contribution >= 0.6 is 0 Å². The summed E-state index contributed by atoms with van der Waals surface area (Å²) in [5.74, 6) is -3.13. The first-order chi connectivity index (χ1) is 14.3. The molecular formula is C21H19F3N2O4. The summed E-state index contributed by atoms with van der Waals surface area (Å²) >= 11 is 0. The van der Waals surface area contributed by atoms with Gasteiger partial charge >= 0.3 is 12.0 Å². The average Bonchev–Trinajstić information content (AvgIpc) is 2.70. The topological polar surface area (TPSA) is 67.9 Å². The molecule has 0 radical (unpaired) electrons. The summed E-state index contributed by atoms with van der Waals surface area (Å²) in [6.45, 7) is 1.34. The first kappa shape index (κ1) is 21.2. The van der Waals surface area contributed by atoms with Crippen LogP contribution in [0.3, 0.4) is 0 Å². The molecule has 9 heteroatoms. The van der Waals surface area contributed by atoms with E-state index < -0.39 is 35.5 Å². The van der Waals surface area contributed by atoms with Crippen LogP contribution in [0.5, 0.6) is 5.75 Å². The molecule has 2 amide bonds. The van der Waals surface area contributed by atoms with Crippen molar-refractivity contribution >= 4 is 12.0 Å². The molecule has 0 fully saturated rings. The second kappa shape index (κ2) is 8.89. The minimum atomic E-state index is -0.926. The Morgan fingerprint density at radius 2 is 1.77 bits per heavy atom. The Morgan fingerprint density at radius 1 is 1.10 bits per heavy atom. The highest BCUT2D eigenvalue weighted by atomic mass is 19.1. The number of hydrogen-bond acceptors (Lipinski definition) is 4. The van der Waals surface area contributed by atoms with Gasteiger partial charge in [-0.15, -0.1) is 0 Å². The molecule has 2 aromatic rings. The molecule has 158 valence electrons. The van der Waals surface area contributed by atoms with Gasteiger partial charge in [0.05, 0.1) is 23.9 Å². The van der Waals surface area contributed by atoms with Crippen molar-refractivity contribution in [2.24, 2.45) is 0 Å². The fourth-order valence-electron chi connectivity index (χ4n) is 3.03. The molecule has 0 saturated heterocycles. The quantitative estimate of drug-likeness (QED) is 0.724. The van der Waals surface area contributed by atoms with Gasteiger partial charge in [-0.05, 0) is 36.8 Å². The van der Waals surface area contributed by atoms with Crippen LogP contribution in [0.25, 0.3) is 0 Å². The fraction of sp³-hybridized carbons (Fsp3) is 0.238. The van der Waals surface area contributed by atoms with E-state index in [1.807, 2.05) is 0 Å². The second-order valence-electron chi connectivity index (χ2n) is 6.44. The van der Waals surface area contributed by atoms with Crippen molar-refractivity contribution < 1.29 is 32.2 Å². The van der Waals surface area contributed by atoms with E-state index >= 15 is 0 Å². The van der Waals surface area contributed by atoms with Gasteiger partial charge in [0.15, 0.2) is 11.6 Å². The van der Waals surface area contributed by atoms with Gasteiger partial charge in [-0.1, -0.05) is 12.1 Å². The van der Waals surface area contributed by atoms with Gasteiger partial charge in [-0.3, -0.25) is 4.90 Å². The Morgan fingerprint density at radius 3 is 2.40 bits per heavy atom. The maximum absolute atomic E-state index is 13.9. The summed E-state index contributed by atoms with van der Waals surface area (Å²) in [6.07, 6.45) is 0. The van der Waals surface area contributed by atoms with Crippen LogP contribution in [0, 0.1) is 17.5 Å². The fourth-order valence-corrected chi connectivity index (χ4v) is 3.03. The molecular weight excluding hydrogens is 401 g/mol. The van der Waals surface area contributed by atoms with Crippen molar-refractivity contribution in [3.05, 3.63) is 76.7 Å². The lowest BCUT2D eigenvalue weighted by Crippen LogP contribution is -2.48. The molecule has 1 atom stereocenters. The summed E-state index contributed by atoms with van der Waals surface area (Å²) in [7, 11) is 1.41. The summed E-state index contributed by atoms with van der Waals surface area (Å²) in [5.41, 5.74) is 0.648. The number of hydrogen-bond donors (Lipinski definition) is 1. The third-order valence-electron chi connectivity index (χ3n) is 4.53. The highest BCUT2D eigenvalue weighted by Gasteiger charge is 2.37. The number of carbonyl (C=O) groups excluding carboxylic acids is 2. The first-order valence-electron chi connectivity index (χ1n) is 9.09. The van der Waals surface area contributed by atoms with E-state index in [1.165, 1.54) is 31.3 Å². The van der Waals surface area contributed by atoms with Gasteiger partial charge in [0.1, 0.15) is 18.2 Å². The van der Waals surface area contributed by atoms with E-state index in [0.717, 1.165) is 17.0 Å². The van der Waals surface area contributed by atoms with E-state index in [9.17, 15) is 22.8 Å². The van der Waals surface area contributed by atoms with Crippen LogP contribution in [0.4, 0.5) is 18.0 Å². The SMILES string of the molecule is CCOC(=O)C1=C(COc2ccc(F)cc2F)N(C)C(=O)N[C@H]1c1ccc(F)cc1. The molecule has 30 heavy (non-hydrogen) atoms. The van der Waals surface area contributed by atoms with Crippen molar-refractivity contribution in [1.29, 1.82) is 0 Å². The van der Waals surface area contributed by atoms with E-state index in [1.54, 1.807) is 6.92 Å². The molecule has 1 aliphatic heterocycles. The molecule has 0 bridgehead atoms. The number of amides is 2. The predicted octanol–water partition coefficient (Wildman–Crippen LogP) is 3.70. The zero-order valence-corrected chi connectivity index (χ0v) is 16.2. The van der Waals surface area contributed by atoms with Gasteiger partial charge in [0.2, 0.25) is 0 Å². The lowest BCUT2D eigenvalue weighted by Gasteiger charge is -2.34. The van der Waals surface area contributed by atoms with Crippen molar-refractivity contribution in [3.8, 4) is 5.75 Å². The number of halogens is 3. The lowest BCUT2D eigenvalue weighted by atomic mass is 9.94. The maximum atomic E-state index is 13.9. The monoisotopic (exact) mass is 420 g/mol. The maximum Gasteiger partial charge on any atom is 0.338 e. The molecule has 0 saturated carbocycles. The average molecular weight is 420 g/mol. The minimum Gasteiger partial charge on any atom is -0.484 e. The van der Waals surface area contributed by atoms with Crippen LogP contribution in [-0.4, -0.2) is 37.2 Å². The predicted molar refractivity (Wildman–Crippen MR) is 101 cm³/mol. The Hall–Kier alpha value is -3.49. The van der Waals surface area contributed by atoms with Gasteiger partial charge in [-0.2, -0.15) is 0 Å². The Labute approximate surface area is 170 Å². The van der Waals surface area contributed by atoms with E-state index in [4.69, 9.17) is 9.47 Å². The smallest absolute Gasteiger partial charge is 0.338 e. The first-order valence-corrected chi connectivity index (χ1v) is 9.09. The van der Waals surface area contributed by atoms with E-state index in [2.05, 4.69) is 5.32 Å². The molecule has 3 rings (SSSR count). The van der Waals surface area contributed by atoms with Crippen LogP contribution in [0.1, 0.15) is 18.5 Å². The van der Waals surface area contributed by atoms with Gasteiger partial charge in [-0.25, -0.2) is 22.8 Å². The molecule has 0 spiro atoms. The molecule has 0 aromatic heterocycles. The summed E-state index contributed by atoms with van der Waals surface area (Å²) in [4.78, 5) is 26.3. The number of nitrogens with one attached hydrogen (secondary N) is 1. The molecule has 1 aliphatic rings. The minimum absolute atomic E-state index is 0.0630. The largest absolute Gasteiger partial charge is 0.484 e. The van der Waals surface area contributed by atoms with Crippen LogP contribution < -0.4 is 10.1 Å². The van der Waals surface area contributed by atoms with Crippen molar-refractivity contribution in [2.45, 2.75) is 13.0 Å². The molecule has 0 aliphatic carbocycles. The molecule has 1 N–H and O–H groups in total. The highest BCUT2D eigenvalue weighted by molar-refractivity contribution is 5.95. The highest BCUT2D eigenvalue weighted by Crippen LogP contribution is 2.31. The summed E-state index contributed by atoms with van der Waals surface area (Å²) < 4.78 is 51.0. The normalized spacial score (nSPS) is 16.4. The number of urea groups is 1. The number of ether oxygens (including phenoxy) is 2. The van der Waals surface area contributed by atoms with Crippen molar-refractivity contribution in [1.82, 2.24) is 10.2 Å². The Bertz CT molecular complexity index is 992. The van der Waals surface area contributed by atoms with Gasteiger partial charge in [0.25, 0.3) is 0 Å². The Balaban J connectivity index is 2.03. The zero-order valence-electron chi connectivity index (χ0n) is 16.2. The standard InChI is InChI=1S/C21H19F3N2O4/c1-3-29-20(27)18-16(11-30-17-9-8-14(23)10-15(17)24)26(2)21(28)25-19(18)12-4-6-13(22)7-5-12/h4-10,19H,3,11H2,1-2H3,(H,25,28)/t19-/m0/s1. The van der Waals surface area contributed by atoms with Crippen LogP contribution in [0.2, 0.25) is 0 Å². The van der Waals surface area contributed by atoms with Gasteiger partial charge in [0, 0.05) is 13.1 Å². The molecule has 1 heterocycles. The number of rotatable bonds is 6. The van der Waals surface area contributed by atoms with Crippen molar-refractivity contribution in [2.75, 3.05) is 20.3 Å². The number of nitrogens with zero attached hydrogens (tertiary/aromatic N) is 1. The zero-order chi connectivity index (χ0) is 21.8. The van der Waals surface area contributed by atoms with E-state index in [-0.39, 0.29) is 30.2 Å². The third kappa shape index (κ3) is 4.40. The number of likely N-dealkylation sites (N-methyl/N-ethyl adjacent to an activating group) is 1. The molecule has 0 unspecified atom stereocenters. The second-order valence-corrected chi connectivity index (χ2v) is 6.44. The summed E-state index contributed by atoms with van der Waals surface area (Å²) in [6, 6.07) is 6.59. The Kier molecular flexibility index (Phi) is 6.29. The number of benzene rings is 2. The van der Waals surface area contributed by atoms with Crippen molar-refractivity contribution in [3.63, 3.8) is 0 Å². The van der Waals surface area contributed by atoms with Crippen LogP contribution in [0.15, 0.2) is 53.7 Å². The van der Waals surface area contributed by atoms with Crippen LogP contribution in [-0.2, 0) is 9.53 Å². The number of carbonyl (C=O) groups is 2. The molecule has 6 nitrogen and oxygen atoms in total. The number of esters is 1. The lowest BCUT2D eigenvalue weighted by molar-refractivity contribution is -0.139. The molecule has 2 aromatic carbocycles. The van der Waals surface area contributed by atoms with E-state index in [0.29, 0.717) is 11.6 Å².